The van der Waals surface area contributed by atoms with Crippen molar-refractivity contribution in [1.82, 2.24) is 0 Å². The van der Waals surface area contributed by atoms with Gasteiger partial charge in [0.25, 0.3) is 0 Å². The van der Waals surface area contributed by atoms with Crippen LogP contribution in [0.3, 0.4) is 0 Å². The molecule has 0 aliphatic carbocycles. The molecule has 0 aromatic heterocycles. The van der Waals surface area contributed by atoms with Gasteiger partial charge in [-0.3, -0.25) is 4.79 Å². The van der Waals surface area contributed by atoms with Crippen molar-refractivity contribution in [3.05, 3.63) is 65.7 Å². The zero-order valence-corrected chi connectivity index (χ0v) is 11.5. The number of Topliss-reactive ketones (excluding diaryl/α,β-unsaturated/α-hetero) is 1. The molecular weight excluding hydrogens is 234 g/mol. The lowest BCUT2D eigenvalue weighted by atomic mass is 10.0. The first-order chi connectivity index (χ1) is 9.18. The number of hydrogen-bond donors (Lipinski definition) is 0. The summed E-state index contributed by atoms with van der Waals surface area (Å²) < 4.78 is 0. The minimum Gasteiger partial charge on any atom is -0.377 e. The average molecular weight is 253 g/mol. The van der Waals surface area contributed by atoms with Gasteiger partial charge in [-0.1, -0.05) is 48.5 Å². The third kappa shape index (κ3) is 3.44. The highest BCUT2D eigenvalue weighted by Gasteiger charge is 2.08. The van der Waals surface area contributed by atoms with Crippen LogP contribution in [-0.2, 0) is 6.42 Å². The largest absolute Gasteiger partial charge is 0.377 e. The maximum Gasteiger partial charge on any atom is 0.163 e. The van der Waals surface area contributed by atoms with E-state index < -0.39 is 0 Å². The molecule has 19 heavy (non-hydrogen) atoms. The highest BCUT2D eigenvalue weighted by atomic mass is 16.1. The fourth-order valence-electron chi connectivity index (χ4n) is 2.18. The molecule has 2 aromatic rings. The van der Waals surface area contributed by atoms with Gasteiger partial charge < -0.3 is 4.90 Å². The van der Waals surface area contributed by atoms with Crippen LogP contribution in [0.4, 0.5) is 5.69 Å². The van der Waals surface area contributed by atoms with E-state index in [1.165, 1.54) is 11.3 Å². The van der Waals surface area contributed by atoms with Gasteiger partial charge in [0.05, 0.1) is 0 Å². The van der Waals surface area contributed by atoms with Gasteiger partial charge in [0.1, 0.15) is 0 Å². The summed E-state index contributed by atoms with van der Waals surface area (Å²) in [5.74, 6) is 0.203. The molecule has 0 unspecified atom stereocenters. The Morgan fingerprint density at radius 2 is 1.58 bits per heavy atom. The van der Waals surface area contributed by atoms with Gasteiger partial charge in [0.15, 0.2) is 5.78 Å². The molecule has 0 amide bonds. The van der Waals surface area contributed by atoms with Crippen LogP contribution < -0.4 is 4.90 Å². The Morgan fingerprint density at radius 3 is 2.26 bits per heavy atom. The number of benzene rings is 2. The normalized spacial score (nSPS) is 10.2. The first-order valence-electron chi connectivity index (χ1n) is 6.52. The van der Waals surface area contributed by atoms with Crippen LogP contribution in [0.2, 0.25) is 0 Å². The van der Waals surface area contributed by atoms with E-state index in [4.69, 9.17) is 0 Å². The summed E-state index contributed by atoms with van der Waals surface area (Å²) in [6.45, 7) is 0. The SMILES string of the molecule is CN(C)c1ccccc1CCC(=O)c1ccccc1. The molecule has 0 fully saturated rings. The van der Waals surface area contributed by atoms with Crippen LogP contribution in [0.1, 0.15) is 22.3 Å². The smallest absolute Gasteiger partial charge is 0.163 e. The average Bonchev–Trinajstić information content (AvgIpc) is 2.46. The van der Waals surface area contributed by atoms with Crippen molar-refractivity contribution in [2.75, 3.05) is 19.0 Å². The van der Waals surface area contributed by atoms with Crippen LogP contribution in [-0.4, -0.2) is 19.9 Å². The number of rotatable bonds is 5. The second-order valence-corrected chi connectivity index (χ2v) is 4.81. The Hall–Kier alpha value is -2.09. The third-order valence-electron chi connectivity index (χ3n) is 3.19. The molecule has 2 aromatic carbocycles. The van der Waals surface area contributed by atoms with Gasteiger partial charge in [-0.15, -0.1) is 0 Å². The summed E-state index contributed by atoms with van der Waals surface area (Å²) in [5, 5.41) is 0. The van der Waals surface area contributed by atoms with Gasteiger partial charge in [-0.05, 0) is 18.1 Å². The molecule has 0 saturated heterocycles. The van der Waals surface area contributed by atoms with E-state index >= 15 is 0 Å². The Kier molecular flexibility index (Phi) is 4.35. The van der Waals surface area contributed by atoms with Gasteiger partial charge >= 0.3 is 0 Å². The lowest BCUT2D eigenvalue weighted by Crippen LogP contribution is -2.12. The minimum absolute atomic E-state index is 0.203. The summed E-state index contributed by atoms with van der Waals surface area (Å²) in [5.41, 5.74) is 3.20. The van der Waals surface area contributed by atoms with Crippen molar-refractivity contribution in [1.29, 1.82) is 0 Å². The Bertz CT molecular complexity index is 546. The van der Waals surface area contributed by atoms with E-state index in [1.807, 2.05) is 56.6 Å². The molecule has 0 radical (unpaired) electrons. The number of carbonyl (C=O) groups is 1. The predicted octanol–water partition coefficient (Wildman–Crippen LogP) is 3.57. The monoisotopic (exact) mass is 253 g/mol. The number of nitrogens with zero attached hydrogens (tertiary/aromatic N) is 1. The van der Waals surface area contributed by atoms with Gasteiger partial charge in [-0.2, -0.15) is 0 Å². The van der Waals surface area contributed by atoms with E-state index in [-0.39, 0.29) is 5.78 Å². The van der Waals surface area contributed by atoms with Gasteiger partial charge in [0, 0.05) is 31.8 Å². The summed E-state index contributed by atoms with van der Waals surface area (Å²) in [6, 6.07) is 17.7. The van der Waals surface area contributed by atoms with E-state index in [0.29, 0.717) is 6.42 Å². The molecule has 2 heteroatoms. The number of anilines is 1. The van der Waals surface area contributed by atoms with Crippen molar-refractivity contribution in [2.24, 2.45) is 0 Å². The highest BCUT2D eigenvalue weighted by Crippen LogP contribution is 2.20. The van der Waals surface area contributed by atoms with Crippen LogP contribution in [0.25, 0.3) is 0 Å². The fraction of sp³-hybridized carbons (Fsp3) is 0.235. The van der Waals surface area contributed by atoms with E-state index in [2.05, 4.69) is 17.0 Å². The Balaban J connectivity index is 2.05. The predicted molar refractivity (Wildman–Crippen MR) is 79.9 cm³/mol. The fourth-order valence-corrected chi connectivity index (χ4v) is 2.18. The molecule has 0 saturated carbocycles. The standard InChI is InChI=1S/C17H19NO/c1-18(2)16-11-7-6-8-14(16)12-13-17(19)15-9-4-3-5-10-15/h3-11H,12-13H2,1-2H3. The molecule has 0 spiro atoms. The maximum absolute atomic E-state index is 12.1. The zero-order valence-electron chi connectivity index (χ0n) is 11.5. The molecule has 0 bridgehead atoms. The third-order valence-corrected chi connectivity index (χ3v) is 3.19. The van der Waals surface area contributed by atoms with Crippen molar-refractivity contribution < 1.29 is 4.79 Å². The molecule has 0 aliphatic heterocycles. The van der Waals surface area contributed by atoms with Crippen molar-refractivity contribution in [3.8, 4) is 0 Å². The quantitative estimate of drug-likeness (QED) is 0.759. The molecule has 2 rings (SSSR count). The first kappa shape index (κ1) is 13.3. The summed E-state index contributed by atoms with van der Waals surface area (Å²) in [7, 11) is 4.05. The molecule has 0 atom stereocenters. The number of ketones is 1. The molecular formula is C17H19NO. The van der Waals surface area contributed by atoms with Crippen molar-refractivity contribution >= 4 is 11.5 Å². The number of para-hydroxylation sites is 1. The molecule has 0 aliphatic rings. The van der Waals surface area contributed by atoms with Crippen LogP contribution >= 0.6 is 0 Å². The second-order valence-electron chi connectivity index (χ2n) is 4.81. The lowest BCUT2D eigenvalue weighted by molar-refractivity contribution is 0.0983. The minimum atomic E-state index is 0.203. The van der Waals surface area contributed by atoms with Gasteiger partial charge in [-0.25, -0.2) is 0 Å². The first-order valence-corrected chi connectivity index (χ1v) is 6.52. The molecule has 0 N–H and O–H groups in total. The van der Waals surface area contributed by atoms with Crippen molar-refractivity contribution in [3.63, 3.8) is 0 Å². The van der Waals surface area contributed by atoms with Crippen LogP contribution in [0.15, 0.2) is 54.6 Å². The highest BCUT2D eigenvalue weighted by molar-refractivity contribution is 5.96. The lowest BCUT2D eigenvalue weighted by Gasteiger charge is -2.17. The zero-order chi connectivity index (χ0) is 13.7. The van der Waals surface area contributed by atoms with E-state index in [1.54, 1.807) is 0 Å². The number of hydrogen-bond acceptors (Lipinski definition) is 2. The summed E-state index contributed by atoms with van der Waals surface area (Å²) in [4.78, 5) is 14.2. The van der Waals surface area contributed by atoms with Gasteiger partial charge in [0.2, 0.25) is 0 Å². The van der Waals surface area contributed by atoms with E-state index in [0.717, 1.165) is 12.0 Å². The number of aryl methyl sites for hydroxylation is 1. The summed E-state index contributed by atoms with van der Waals surface area (Å²) >= 11 is 0. The Morgan fingerprint density at radius 1 is 0.947 bits per heavy atom. The molecule has 2 nitrogen and oxygen atoms in total. The topological polar surface area (TPSA) is 20.3 Å². The Labute approximate surface area is 114 Å². The number of carbonyl (C=O) groups excluding carboxylic acids is 1. The molecule has 98 valence electrons. The van der Waals surface area contributed by atoms with Crippen LogP contribution in [0, 0.1) is 0 Å². The van der Waals surface area contributed by atoms with E-state index in [9.17, 15) is 4.79 Å². The van der Waals surface area contributed by atoms with Crippen molar-refractivity contribution in [2.45, 2.75) is 12.8 Å². The molecule has 0 heterocycles. The maximum atomic E-state index is 12.1. The second kappa shape index (κ2) is 6.19. The summed E-state index contributed by atoms with van der Waals surface area (Å²) in [6.07, 6.45) is 1.33. The van der Waals surface area contributed by atoms with Crippen LogP contribution in [0.5, 0.6) is 0 Å².